The molecule has 1 heterocycles. The number of hydrogen-bond acceptors (Lipinski definition) is 2. The molecule has 1 aromatic rings. The number of hydrogen-bond donors (Lipinski definition) is 0. The summed E-state index contributed by atoms with van der Waals surface area (Å²) in [5.41, 5.74) is 4.86. The highest BCUT2D eigenvalue weighted by Crippen LogP contribution is 2.32. The number of fused-ring (bicyclic) bond motifs is 1. The van der Waals surface area contributed by atoms with Crippen LogP contribution >= 0.6 is 0 Å². The molecule has 2 rings (SSSR count). The van der Waals surface area contributed by atoms with Crippen LogP contribution in [-0.2, 0) is 11.3 Å². The van der Waals surface area contributed by atoms with Crippen LogP contribution in [0.4, 0.5) is 0 Å². The van der Waals surface area contributed by atoms with Crippen LogP contribution in [0.3, 0.4) is 0 Å². The molecule has 0 saturated carbocycles. The Morgan fingerprint density at radius 1 is 1.53 bits per heavy atom. The van der Waals surface area contributed by atoms with Crippen LogP contribution in [0, 0.1) is 12.8 Å². The van der Waals surface area contributed by atoms with E-state index >= 15 is 0 Å². The molecule has 0 bridgehead atoms. The van der Waals surface area contributed by atoms with Crippen molar-refractivity contribution < 1.29 is 4.79 Å². The van der Waals surface area contributed by atoms with Gasteiger partial charge in [-0.25, -0.2) is 0 Å². The van der Waals surface area contributed by atoms with E-state index in [4.69, 9.17) is 0 Å². The molecule has 0 N–H and O–H groups in total. The number of Topliss-reactive ketones (excluding diaryl/α,β-unsaturated/α-hetero) is 1. The molecule has 2 nitrogen and oxygen atoms in total. The lowest BCUT2D eigenvalue weighted by Gasteiger charge is -2.22. The Hall–Kier alpha value is -1.57. The van der Waals surface area contributed by atoms with Crippen LogP contribution in [0.15, 0.2) is 24.8 Å². The number of rotatable bonds is 3. The summed E-state index contributed by atoms with van der Waals surface area (Å²) in [6, 6.07) is 6.47. The zero-order valence-electron chi connectivity index (χ0n) is 10.8. The molecule has 0 aromatic heterocycles. The van der Waals surface area contributed by atoms with E-state index < -0.39 is 0 Å². The van der Waals surface area contributed by atoms with Crippen molar-refractivity contribution in [3.63, 3.8) is 0 Å². The molecule has 0 saturated heterocycles. The molecule has 1 aliphatic heterocycles. The molecule has 0 radical (unpaired) electrons. The van der Waals surface area contributed by atoms with Crippen LogP contribution in [0.5, 0.6) is 0 Å². The third kappa shape index (κ3) is 2.26. The van der Waals surface area contributed by atoms with Crippen molar-refractivity contribution in [2.75, 3.05) is 6.54 Å². The molecule has 0 amide bonds. The van der Waals surface area contributed by atoms with E-state index in [1.807, 2.05) is 6.92 Å². The van der Waals surface area contributed by atoms with E-state index in [1.165, 1.54) is 16.7 Å². The second-order valence-electron chi connectivity index (χ2n) is 5.00. The van der Waals surface area contributed by atoms with Gasteiger partial charge in [-0.1, -0.05) is 31.2 Å². The number of carbonyl (C=O) groups is 1. The largest absolute Gasteiger partial charge is 0.366 e. The van der Waals surface area contributed by atoms with Crippen LogP contribution in [0.1, 0.15) is 30.5 Å². The fraction of sp³-hybridized carbons (Fsp3) is 0.400. The second-order valence-corrected chi connectivity index (χ2v) is 5.00. The van der Waals surface area contributed by atoms with Gasteiger partial charge in [-0.2, -0.15) is 0 Å². The van der Waals surface area contributed by atoms with Crippen LogP contribution < -0.4 is 0 Å². The Labute approximate surface area is 103 Å². The van der Waals surface area contributed by atoms with E-state index in [-0.39, 0.29) is 11.7 Å². The fourth-order valence-corrected chi connectivity index (χ4v) is 2.20. The third-order valence-electron chi connectivity index (χ3n) is 3.51. The van der Waals surface area contributed by atoms with Gasteiger partial charge in [0.05, 0.1) is 0 Å². The van der Waals surface area contributed by atoms with Gasteiger partial charge in [0.25, 0.3) is 0 Å². The van der Waals surface area contributed by atoms with Crippen molar-refractivity contribution in [3.05, 3.63) is 41.5 Å². The van der Waals surface area contributed by atoms with E-state index in [2.05, 4.69) is 36.6 Å². The lowest BCUT2D eigenvalue weighted by Crippen LogP contribution is -2.25. The van der Waals surface area contributed by atoms with Crippen LogP contribution in [0.2, 0.25) is 0 Å². The number of ketones is 1. The van der Waals surface area contributed by atoms with Crippen molar-refractivity contribution in [1.82, 2.24) is 4.90 Å². The van der Waals surface area contributed by atoms with E-state index in [0.717, 1.165) is 18.8 Å². The Kier molecular flexibility index (Phi) is 3.05. The summed E-state index contributed by atoms with van der Waals surface area (Å²) in [4.78, 5) is 13.5. The molecular weight excluding hydrogens is 210 g/mol. The lowest BCUT2D eigenvalue weighted by molar-refractivity contribution is -0.120. The molecule has 2 heteroatoms. The van der Waals surface area contributed by atoms with E-state index in [9.17, 15) is 4.79 Å². The molecule has 1 unspecified atom stereocenters. The lowest BCUT2D eigenvalue weighted by atomic mass is 10.1. The standard InChI is InChI=1S/C15H19NO/c1-10-5-6-14-9-16(8-11(2)13(4)17)12(3)15(14)7-10/h5-7,11H,3,8-9H2,1-2,4H3. The van der Waals surface area contributed by atoms with Gasteiger partial charge < -0.3 is 4.90 Å². The average molecular weight is 229 g/mol. The monoisotopic (exact) mass is 229 g/mol. The zero-order valence-corrected chi connectivity index (χ0v) is 10.8. The summed E-state index contributed by atoms with van der Waals surface area (Å²) in [6.45, 7) is 11.5. The Morgan fingerprint density at radius 2 is 2.24 bits per heavy atom. The van der Waals surface area contributed by atoms with Crippen LogP contribution in [0.25, 0.3) is 5.70 Å². The maximum Gasteiger partial charge on any atom is 0.134 e. The number of benzene rings is 1. The molecule has 1 aromatic carbocycles. The molecule has 17 heavy (non-hydrogen) atoms. The Morgan fingerprint density at radius 3 is 2.88 bits per heavy atom. The average Bonchev–Trinajstić information content (AvgIpc) is 2.56. The minimum absolute atomic E-state index is 0.0714. The quantitative estimate of drug-likeness (QED) is 0.794. The summed E-state index contributed by atoms with van der Waals surface area (Å²) in [5, 5.41) is 0. The van der Waals surface area contributed by atoms with Gasteiger partial charge in [-0.15, -0.1) is 0 Å². The first-order valence-corrected chi connectivity index (χ1v) is 6.03. The maximum absolute atomic E-state index is 11.3. The van der Waals surface area contributed by atoms with Gasteiger partial charge in [0.1, 0.15) is 5.78 Å². The third-order valence-corrected chi connectivity index (χ3v) is 3.51. The summed E-state index contributed by atoms with van der Waals surface area (Å²) in [7, 11) is 0. The van der Waals surface area contributed by atoms with Gasteiger partial charge in [0.2, 0.25) is 0 Å². The maximum atomic E-state index is 11.3. The predicted molar refractivity (Wildman–Crippen MR) is 70.5 cm³/mol. The molecular formula is C15H19NO. The smallest absolute Gasteiger partial charge is 0.134 e. The first kappa shape index (κ1) is 11.9. The topological polar surface area (TPSA) is 20.3 Å². The van der Waals surface area contributed by atoms with E-state index in [0.29, 0.717) is 0 Å². The summed E-state index contributed by atoms with van der Waals surface area (Å²) in [5.74, 6) is 0.312. The summed E-state index contributed by atoms with van der Waals surface area (Å²) in [6.07, 6.45) is 0. The number of carbonyl (C=O) groups excluding carboxylic acids is 1. The number of aryl methyl sites for hydroxylation is 1. The number of nitrogens with zero attached hydrogens (tertiary/aromatic N) is 1. The SMILES string of the molecule is C=C1c2cc(C)ccc2CN1CC(C)C(C)=O. The Bertz CT molecular complexity index is 476. The van der Waals surface area contributed by atoms with Crippen molar-refractivity contribution >= 4 is 11.5 Å². The van der Waals surface area contributed by atoms with Gasteiger partial charge in [-0.3, -0.25) is 4.79 Å². The molecule has 90 valence electrons. The summed E-state index contributed by atoms with van der Waals surface area (Å²) < 4.78 is 0. The molecule has 1 atom stereocenters. The van der Waals surface area contributed by atoms with Gasteiger partial charge in [-0.05, 0) is 25.5 Å². The van der Waals surface area contributed by atoms with Crippen molar-refractivity contribution in [1.29, 1.82) is 0 Å². The minimum atomic E-state index is 0.0714. The predicted octanol–water partition coefficient (Wildman–Crippen LogP) is 3.01. The Balaban J connectivity index is 2.17. The molecule has 0 aliphatic carbocycles. The van der Waals surface area contributed by atoms with Crippen molar-refractivity contribution in [2.24, 2.45) is 5.92 Å². The molecule has 1 aliphatic rings. The van der Waals surface area contributed by atoms with Gasteiger partial charge >= 0.3 is 0 Å². The zero-order chi connectivity index (χ0) is 12.6. The van der Waals surface area contributed by atoms with Crippen LogP contribution in [-0.4, -0.2) is 17.2 Å². The van der Waals surface area contributed by atoms with Gasteiger partial charge in [0.15, 0.2) is 0 Å². The van der Waals surface area contributed by atoms with Crippen molar-refractivity contribution in [2.45, 2.75) is 27.3 Å². The fourth-order valence-electron chi connectivity index (χ4n) is 2.20. The highest BCUT2D eigenvalue weighted by molar-refractivity contribution is 5.78. The molecule has 0 spiro atoms. The normalized spacial score (nSPS) is 15.9. The van der Waals surface area contributed by atoms with E-state index in [1.54, 1.807) is 6.92 Å². The highest BCUT2D eigenvalue weighted by Gasteiger charge is 2.24. The minimum Gasteiger partial charge on any atom is -0.366 e. The van der Waals surface area contributed by atoms with Gasteiger partial charge in [0, 0.05) is 30.3 Å². The van der Waals surface area contributed by atoms with Crippen molar-refractivity contribution in [3.8, 4) is 0 Å². The second kappa shape index (κ2) is 4.36. The first-order chi connectivity index (χ1) is 7.99. The first-order valence-electron chi connectivity index (χ1n) is 6.03. The summed E-state index contributed by atoms with van der Waals surface area (Å²) >= 11 is 0. The highest BCUT2D eigenvalue weighted by atomic mass is 16.1. The molecule has 0 fully saturated rings.